The highest BCUT2D eigenvalue weighted by atomic mass is 79.9. The minimum absolute atomic E-state index is 0.0541. The molecule has 0 bridgehead atoms. The number of hydrogen-bond donors (Lipinski definition) is 1. The second kappa shape index (κ2) is 7.11. The van der Waals surface area contributed by atoms with Gasteiger partial charge in [0.1, 0.15) is 5.75 Å². The molecule has 0 aromatic heterocycles. The van der Waals surface area contributed by atoms with E-state index in [0.29, 0.717) is 19.4 Å². The molecule has 0 saturated heterocycles. The molecule has 0 spiro atoms. The van der Waals surface area contributed by atoms with Gasteiger partial charge in [0.25, 0.3) is 0 Å². The summed E-state index contributed by atoms with van der Waals surface area (Å²) in [6.45, 7) is 8.28. The fourth-order valence-corrected chi connectivity index (χ4v) is 3.93. The van der Waals surface area contributed by atoms with Crippen LogP contribution in [-0.2, 0) is 10.0 Å². The first kappa shape index (κ1) is 18.5. The van der Waals surface area contributed by atoms with Crippen LogP contribution in [0.3, 0.4) is 0 Å². The van der Waals surface area contributed by atoms with Crippen molar-refractivity contribution in [2.24, 2.45) is 10.6 Å². The summed E-state index contributed by atoms with van der Waals surface area (Å²) in [4.78, 5) is 0. The molecule has 21 heavy (non-hydrogen) atoms. The van der Waals surface area contributed by atoms with Gasteiger partial charge in [-0.05, 0) is 49.9 Å². The van der Waals surface area contributed by atoms with E-state index in [2.05, 4.69) is 15.9 Å². The molecule has 0 unspecified atom stereocenters. The number of benzene rings is 1. The van der Waals surface area contributed by atoms with Crippen LogP contribution in [0.4, 0.5) is 0 Å². The summed E-state index contributed by atoms with van der Waals surface area (Å²) >= 11 is 3.52. The second-order valence-corrected chi connectivity index (χ2v) is 8.08. The lowest BCUT2D eigenvalue weighted by Gasteiger charge is -2.30. The van der Waals surface area contributed by atoms with Gasteiger partial charge in [-0.1, -0.05) is 29.8 Å². The van der Waals surface area contributed by atoms with Crippen molar-refractivity contribution in [2.45, 2.75) is 40.5 Å². The van der Waals surface area contributed by atoms with Crippen molar-refractivity contribution < 1.29 is 13.2 Å². The molecule has 0 atom stereocenters. The summed E-state index contributed by atoms with van der Waals surface area (Å²) in [5.41, 5.74) is 1.74. The Kier molecular flexibility index (Phi) is 6.25. The molecule has 0 saturated carbocycles. The standard InChI is InChI=1S/C15H24BrNO3S/c1-5-15(6-2,10-21(17,18)19)9-20-13-7-11(3)14(16)12(4)8-13/h7-8H,5-6,9-10H2,1-4H3,(H2,17,18,19). The first-order valence-corrected chi connectivity index (χ1v) is 9.53. The number of primary sulfonamides is 1. The van der Waals surface area contributed by atoms with E-state index in [9.17, 15) is 8.42 Å². The topological polar surface area (TPSA) is 69.4 Å². The summed E-state index contributed by atoms with van der Waals surface area (Å²) in [6.07, 6.45) is 1.41. The molecule has 1 rings (SSSR count). The summed E-state index contributed by atoms with van der Waals surface area (Å²) in [5.74, 6) is 0.704. The van der Waals surface area contributed by atoms with Crippen LogP contribution in [0, 0.1) is 19.3 Å². The minimum atomic E-state index is -3.52. The molecular weight excluding hydrogens is 354 g/mol. The average molecular weight is 378 g/mol. The maximum atomic E-state index is 11.4. The van der Waals surface area contributed by atoms with Crippen LogP contribution in [-0.4, -0.2) is 20.8 Å². The first-order chi connectivity index (χ1) is 9.62. The predicted octanol–water partition coefficient (Wildman–Crippen LogP) is 3.54. The van der Waals surface area contributed by atoms with Crippen molar-refractivity contribution in [3.05, 3.63) is 27.7 Å². The van der Waals surface area contributed by atoms with E-state index in [1.165, 1.54) is 0 Å². The quantitative estimate of drug-likeness (QED) is 0.789. The number of halogens is 1. The largest absolute Gasteiger partial charge is 0.493 e. The van der Waals surface area contributed by atoms with Gasteiger partial charge in [-0.15, -0.1) is 0 Å². The molecule has 4 nitrogen and oxygen atoms in total. The highest BCUT2D eigenvalue weighted by Gasteiger charge is 2.32. The molecule has 1 aromatic carbocycles. The van der Waals surface area contributed by atoms with Crippen LogP contribution in [0.2, 0.25) is 0 Å². The van der Waals surface area contributed by atoms with E-state index in [-0.39, 0.29) is 5.75 Å². The number of nitrogens with two attached hydrogens (primary N) is 1. The van der Waals surface area contributed by atoms with Crippen molar-refractivity contribution in [3.8, 4) is 5.75 Å². The van der Waals surface area contributed by atoms with Gasteiger partial charge in [0, 0.05) is 9.89 Å². The number of sulfonamides is 1. The van der Waals surface area contributed by atoms with Gasteiger partial charge in [0.05, 0.1) is 12.4 Å². The van der Waals surface area contributed by atoms with Crippen LogP contribution < -0.4 is 9.88 Å². The molecule has 0 aliphatic rings. The number of aryl methyl sites for hydroxylation is 2. The Labute approximate surface area is 136 Å². The van der Waals surface area contributed by atoms with Crippen molar-refractivity contribution in [1.82, 2.24) is 0 Å². The highest BCUT2D eigenvalue weighted by molar-refractivity contribution is 9.10. The molecule has 0 fully saturated rings. The van der Waals surface area contributed by atoms with Crippen LogP contribution >= 0.6 is 15.9 Å². The third-order valence-corrected chi connectivity index (χ3v) is 6.23. The van der Waals surface area contributed by atoms with Gasteiger partial charge in [0.2, 0.25) is 10.0 Å². The Bertz CT molecular complexity index is 572. The van der Waals surface area contributed by atoms with E-state index in [1.54, 1.807) is 0 Å². The third kappa shape index (κ3) is 5.27. The van der Waals surface area contributed by atoms with Crippen LogP contribution in [0.25, 0.3) is 0 Å². The van der Waals surface area contributed by atoms with E-state index < -0.39 is 15.4 Å². The summed E-state index contributed by atoms with van der Waals surface area (Å²) in [5, 5.41) is 5.22. The van der Waals surface area contributed by atoms with E-state index in [1.807, 2.05) is 39.8 Å². The summed E-state index contributed by atoms with van der Waals surface area (Å²) in [6, 6.07) is 3.90. The van der Waals surface area contributed by atoms with Gasteiger partial charge in [0.15, 0.2) is 0 Å². The van der Waals surface area contributed by atoms with Gasteiger partial charge >= 0.3 is 0 Å². The third-order valence-electron chi connectivity index (χ3n) is 3.96. The molecule has 0 radical (unpaired) electrons. The fourth-order valence-electron chi connectivity index (χ4n) is 2.35. The lowest BCUT2D eigenvalue weighted by molar-refractivity contribution is 0.154. The normalized spacial score (nSPS) is 12.5. The van der Waals surface area contributed by atoms with Crippen LogP contribution in [0.1, 0.15) is 37.8 Å². The molecular formula is C15H24BrNO3S. The Hall–Kier alpha value is -0.590. The van der Waals surface area contributed by atoms with Crippen LogP contribution in [0.15, 0.2) is 16.6 Å². The minimum Gasteiger partial charge on any atom is -0.493 e. The molecule has 1 aromatic rings. The zero-order valence-corrected chi connectivity index (χ0v) is 15.5. The van der Waals surface area contributed by atoms with Gasteiger partial charge in [-0.3, -0.25) is 0 Å². The summed E-state index contributed by atoms with van der Waals surface area (Å²) < 4.78 is 29.8. The Morgan fingerprint density at radius 1 is 1.19 bits per heavy atom. The lowest BCUT2D eigenvalue weighted by atomic mass is 9.85. The monoisotopic (exact) mass is 377 g/mol. The maximum Gasteiger partial charge on any atom is 0.209 e. The molecule has 0 aliphatic heterocycles. The highest BCUT2D eigenvalue weighted by Crippen LogP contribution is 2.31. The Morgan fingerprint density at radius 2 is 1.67 bits per heavy atom. The van der Waals surface area contributed by atoms with Crippen molar-refractivity contribution >= 4 is 26.0 Å². The van der Waals surface area contributed by atoms with Crippen LogP contribution in [0.5, 0.6) is 5.75 Å². The summed E-state index contributed by atoms with van der Waals surface area (Å²) in [7, 11) is -3.52. The van der Waals surface area contributed by atoms with Crippen molar-refractivity contribution in [1.29, 1.82) is 0 Å². The first-order valence-electron chi connectivity index (χ1n) is 7.02. The fraction of sp³-hybridized carbons (Fsp3) is 0.600. The number of ether oxygens (including phenoxy) is 1. The zero-order chi connectivity index (χ0) is 16.3. The zero-order valence-electron chi connectivity index (χ0n) is 13.1. The average Bonchev–Trinajstić information content (AvgIpc) is 2.39. The van der Waals surface area contributed by atoms with Gasteiger partial charge in [-0.25, -0.2) is 13.6 Å². The van der Waals surface area contributed by atoms with E-state index in [0.717, 1.165) is 21.3 Å². The molecule has 120 valence electrons. The molecule has 0 amide bonds. The van der Waals surface area contributed by atoms with E-state index >= 15 is 0 Å². The predicted molar refractivity (Wildman–Crippen MR) is 90.1 cm³/mol. The smallest absolute Gasteiger partial charge is 0.209 e. The molecule has 6 heteroatoms. The molecule has 0 heterocycles. The van der Waals surface area contributed by atoms with E-state index in [4.69, 9.17) is 9.88 Å². The Balaban J connectivity index is 2.92. The second-order valence-electron chi connectivity index (χ2n) is 5.67. The SMILES string of the molecule is CCC(CC)(COc1cc(C)c(Br)c(C)c1)CS(N)(=O)=O. The lowest BCUT2D eigenvalue weighted by Crippen LogP contribution is -2.37. The molecule has 2 N–H and O–H groups in total. The van der Waals surface area contributed by atoms with Gasteiger partial charge in [-0.2, -0.15) is 0 Å². The number of rotatable bonds is 7. The Morgan fingerprint density at radius 3 is 2.05 bits per heavy atom. The van der Waals surface area contributed by atoms with Crippen molar-refractivity contribution in [2.75, 3.05) is 12.4 Å². The van der Waals surface area contributed by atoms with Crippen molar-refractivity contribution in [3.63, 3.8) is 0 Å². The number of hydrogen-bond acceptors (Lipinski definition) is 3. The van der Waals surface area contributed by atoms with Gasteiger partial charge < -0.3 is 4.74 Å². The molecule has 0 aliphatic carbocycles. The maximum absolute atomic E-state index is 11.4.